The SMILES string of the molecule is CCn1c(-c2cccc3c2OCCN3)nc2cccnc21. The molecular formula is C16H16N4O. The van der Waals surface area contributed by atoms with Gasteiger partial charge in [-0.3, -0.25) is 0 Å². The Morgan fingerprint density at radius 3 is 3.14 bits per heavy atom. The van der Waals surface area contributed by atoms with Crippen molar-refractivity contribution in [2.24, 2.45) is 0 Å². The average Bonchev–Trinajstić information content (AvgIpc) is 2.92. The topological polar surface area (TPSA) is 52.0 Å². The van der Waals surface area contributed by atoms with Crippen molar-refractivity contribution in [2.75, 3.05) is 18.5 Å². The summed E-state index contributed by atoms with van der Waals surface area (Å²) in [6.45, 7) is 4.44. The van der Waals surface area contributed by atoms with Crippen LogP contribution in [0, 0.1) is 0 Å². The Balaban J connectivity index is 1.98. The van der Waals surface area contributed by atoms with Crippen LogP contribution in [0.4, 0.5) is 5.69 Å². The van der Waals surface area contributed by atoms with Crippen molar-refractivity contribution in [1.82, 2.24) is 14.5 Å². The van der Waals surface area contributed by atoms with Crippen LogP contribution in [0.25, 0.3) is 22.6 Å². The minimum absolute atomic E-state index is 0.675. The summed E-state index contributed by atoms with van der Waals surface area (Å²) in [6.07, 6.45) is 1.80. The molecule has 0 bridgehead atoms. The number of hydrogen-bond donors (Lipinski definition) is 1. The first kappa shape index (κ1) is 12.2. The fourth-order valence-corrected chi connectivity index (χ4v) is 2.81. The van der Waals surface area contributed by atoms with Gasteiger partial charge in [0.1, 0.15) is 17.9 Å². The number of fused-ring (bicyclic) bond motifs is 2. The van der Waals surface area contributed by atoms with E-state index < -0.39 is 0 Å². The molecule has 1 aliphatic rings. The van der Waals surface area contributed by atoms with E-state index in [1.54, 1.807) is 6.20 Å². The zero-order chi connectivity index (χ0) is 14.2. The molecule has 4 rings (SSSR count). The third-order valence-electron chi connectivity index (χ3n) is 3.74. The molecule has 2 aromatic heterocycles. The first-order valence-electron chi connectivity index (χ1n) is 7.20. The molecule has 5 nitrogen and oxygen atoms in total. The van der Waals surface area contributed by atoms with E-state index in [2.05, 4.69) is 27.9 Å². The van der Waals surface area contributed by atoms with E-state index in [0.29, 0.717) is 6.61 Å². The minimum atomic E-state index is 0.675. The van der Waals surface area contributed by atoms with Crippen LogP contribution in [0.15, 0.2) is 36.5 Å². The minimum Gasteiger partial charge on any atom is -0.489 e. The van der Waals surface area contributed by atoms with Crippen LogP contribution in [0.2, 0.25) is 0 Å². The zero-order valence-electron chi connectivity index (χ0n) is 11.8. The molecule has 3 heterocycles. The summed E-state index contributed by atoms with van der Waals surface area (Å²) in [5.41, 5.74) is 3.87. The third kappa shape index (κ3) is 1.85. The molecule has 0 radical (unpaired) electrons. The average molecular weight is 280 g/mol. The van der Waals surface area contributed by atoms with Crippen molar-refractivity contribution in [3.8, 4) is 17.1 Å². The predicted molar refractivity (Wildman–Crippen MR) is 82.6 cm³/mol. The number of hydrogen-bond acceptors (Lipinski definition) is 4. The second-order valence-corrected chi connectivity index (χ2v) is 4.98. The number of pyridine rings is 1. The standard InChI is InChI=1S/C16H16N4O/c1-2-20-15(19-13-7-4-8-18-16(13)20)11-5-3-6-12-14(11)21-10-9-17-12/h3-8,17H,2,9-10H2,1H3. The number of anilines is 1. The molecule has 0 saturated carbocycles. The van der Waals surface area contributed by atoms with Crippen LogP contribution >= 0.6 is 0 Å². The summed E-state index contributed by atoms with van der Waals surface area (Å²) in [4.78, 5) is 9.21. The largest absolute Gasteiger partial charge is 0.489 e. The lowest BCUT2D eigenvalue weighted by Crippen LogP contribution is -2.18. The highest BCUT2D eigenvalue weighted by molar-refractivity contribution is 5.82. The Bertz CT molecular complexity index is 809. The number of aromatic nitrogens is 3. The molecule has 106 valence electrons. The quantitative estimate of drug-likeness (QED) is 0.784. The van der Waals surface area contributed by atoms with E-state index in [1.165, 1.54) is 0 Å². The van der Waals surface area contributed by atoms with Gasteiger partial charge >= 0.3 is 0 Å². The molecule has 0 atom stereocenters. The van der Waals surface area contributed by atoms with Crippen molar-refractivity contribution in [3.63, 3.8) is 0 Å². The van der Waals surface area contributed by atoms with Crippen LogP contribution in [-0.4, -0.2) is 27.7 Å². The Morgan fingerprint density at radius 2 is 2.24 bits per heavy atom. The van der Waals surface area contributed by atoms with Crippen LogP contribution < -0.4 is 10.1 Å². The lowest BCUT2D eigenvalue weighted by atomic mass is 10.1. The van der Waals surface area contributed by atoms with E-state index in [-0.39, 0.29) is 0 Å². The number of imidazole rings is 1. The van der Waals surface area contributed by atoms with E-state index in [9.17, 15) is 0 Å². The Labute approximate surface area is 122 Å². The van der Waals surface area contributed by atoms with Crippen molar-refractivity contribution < 1.29 is 4.74 Å². The highest BCUT2D eigenvalue weighted by Gasteiger charge is 2.20. The van der Waals surface area contributed by atoms with E-state index >= 15 is 0 Å². The van der Waals surface area contributed by atoms with Gasteiger partial charge in [-0.05, 0) is 31.2 Å². The summed E-state index contributed by atoms with van der Waals surface area (Å²) in [5, 5.41) is 3.37. The van der Waals surface area contributed by atoms with Gasteiger partial charge in [-0.15, -0.1) is 0 Å². The Kier molecular flexibility index (Phi) is 2.77. The fourth-order valence-electron chi connectivity index (χ4n) is 2.81. The molecule has 0 saturated heterocycles. The normalized spacial score (nSPS) is 13.6. The molecule has 1 aliphatic heterocycles. The van der Waals surface area contributed by atoms with E-state index in [0.717, 1.165) is 47.1 Å². The van der Waals surface area contributed by atoms with Crippen molar-refractivity contribution in [2.45, 2.75) is 13.5 Å². The van der Waals surface area contributed by atoms with Gasteiger partial charge in [-0.25, -0.2) is 9.97 Å². The molecule has 0 amide bonds. The van der Waals surface area contributed by atoms with Crippen LogP contribution in [0.3, 0.4) is 0 Å². The Morgan fingerprint density at radius 1 is 1.29 bits per heavy atom. The van der Waals surface area contributed by atoms with Crippen molar-refractivity contribution in [1.29, 1.82) is 0 Å². The van der Waals surface area contributed by atoms with Gasteiger partial charge < -0.3 is 14.6 Å². The monoisotopic (exact) mass is 280 g/mol. The second-order valence-electron chi connectivity index (χ2n) is 4.98. The van der Waals surface area contributed by atoms with Crippen molar-refractivity contribution >= 4 is 16.9 Å². The molecule has 0 unspecified atom stereocenters. The maximum absolute atomic E-state index is 5.87. The molecule has 21 heavy (non-hydrogen) atoms. The molecule has 0 fully saturated rings. The summed E-state index contributed by atoms with van der Waals surface area (Å²) < 4.78 is 8.00. The maximum Gasteiger partial charge on any atom is 0.160 e. The molecule has 0 spiro atoms. The number of ether oxygens (including phenoxy) is 1. The molecule has 5 heteroatoms. The highest BCUT2D eigenvalue weighted by Crippen LogP contribution is 2.38. The molecule has 3 aromatic rings. The van der Waals surface area contributed by atoms with Gasteiger partial charge in [0.05, 0.1) is 11.3 Å². The molecule has 0 aliphatic carbocycles. The Hall–Kier alpha value is -2.56. The highest BCUT2D eigenvalue weighted by atomic mass is 16.5. The van der Waals surface area contributed by atoms with E-state index in [4.69, 9.17) is 9.72 Å². The first-order valence-corrected chi connectivity index (χ1v) is 7.20. The summed E-state index contributed by atoms with van der Waals surface area (Å²) >= 11 is 0. The number of nitrogens with zero attached hydrogens (tertiary/aromatic N) is 3. The molecule has 1 N–H and O–H groups in total. The summed E-state index contributed by atoms with van der Waals surface area (Å²) in [6, 6.07) is 10.0. The van der Waals surface area contributed by atoms with Gasteiger partial charge in [-0.2, -0.15) is 0 Å². The second kappa shape index (κ2) is 4.77. The fraction of sp³-hybridized carbons (Fsp3) is 0.250. The number of nitrogens with one attached hydrogen (secondary N) is 1. The number of benzene rings is 1. The number of aryl methyl sites for hydroxylation is 1. The first-order chi connectivity index (χ1) is 10.4. The smallest absolute Gasteiger partial charge is 0.160 e. The van der Waals surface area contributed by atoms with Gasteiger partial charge in [0, 0.05) is 19.3 Å². The maximum atomic E-state index is 5.87. The van der Waals surface area contributed by atoms with E-state index in [1.807, 2.05) is 24.3 Å². The molecular weight excluding hydrogens is 264 g/mol. The predicted octanol–water partition coefficient (Wildman–Crippen LogP) is 2.92. The summed E-state index contributed by atoms with van der Waals surface area (Å²) in [5.74, 6) is 1.79. The third-order valence-corrected chi connectivity index (χ3v) is 3.74. The number of rotatable bonds is 2. The van der Waals surface area contributed by atoms with Crippen LogP contribution in [-0.2, 0) is 6.54 Å². The lowest BCUT2D eigenvalue weighted by Gasteiger charge is -2.21. The van der Waals surface area contributed by atoms with Gasteiger partial charge in [0.25, 0.3) is 0 Å². The van der Waals surface area contributed by atoms with Gasteiger partial charge in [0.15, 0.2) is 11.4 Å². The van der Waals surface area contributed by atoms with Crippen LogP contribution in [0.1, 0.15) is 6.92 Å². The molecule has 1 aromatic carbocycles. The summed E-state index contributed by atoms with van der Waals surface area (Å²) in [7, 11) is 0. The lowest BCUT2D eigenvalue weighted by molar-refractivity contribution is 0.324. The van der Waals surface area contributed by atoms with Gasteiger partial charge in [0.2, 0.25) is 0 Å². The van der Waals surface area contributed by atoms with Gasteiger partial charge in [-0.1, -0.05) is 6.07 Å². The number of para-hydroxylation sites is 1. The van der Waals surface area contributed by atoms with Crippen molar-refractivity contribution in [3.05, 3.63) is 36.5 Å². The van der Waals surface area contributed by atoms with Crippen LogP contribution in [0.5, 0.6) is 5.75 Å². The zero-order valence-corrected chi connectivity index (χ0v) is 11.8.